The molecule has 31 heavy (non-hydrogen) atoms. The van der Waals surface area contributed by atoms with Crippen molar-refractivity contribution < 1.29 is 0 Å². The molecule has 5 nitrogen and oxygen atoms in total. The Bertz CT molecular complexity index is 1150. The Balaban J connectivity index is 1.28. The van der Waals surface area contributed by atoms with Gasteiger partial charge >= 0.3 is 0 Å². The summed E-state index contributed by atoms with van der Waals surface area (Å²) in [6.07, 6.45) is 7.72. The zero-order chi connectivity index (χ0) is 21.3. The van der Waals surface area contributed by atoms with E-state index in [9.17, 15) is 0 Å². The summed E-state index contributed by atoms with van der Waals surface area (Å²) >= 11 is 0. The van der Waals surface area contributed by atoms with Gasteiger partial charge in [-0.25, -0.2) is 0 Å². The number of hydrogen-bond donors (Lipinski definition) is 3. The van der Waals surface area contributed by atoms with Crippen LogP contribution in [0, 0.1) is 11.3 Å². The van der Waals surface area contributed by atoms with E-state index in [1.54, 1.807) is 0 Å². The van der Waals surface area contributed by atoms with Gasteiger partial charge < -0.3 is 15.6 Å². The minimum Gasteiger partial charge on any atom is -0.361 e. The van der Waals surface area contributed by atoms with Gasteiger partial charge in [0.2, 0.25) is 0 Å². The number of rotatable bonds is 10. The van der Waals surface area contributed by atoms with Crippen molar-refractivity contribution in [2.45, 2.75) is 32.2 Å². The molecule has 0 aliphatic heterocycles. The Morgan fingerprint density at radius 1 is 0.968 bits per heavy atom. The molecule has 2 aromatic heterocycles. The lowest BCUT2D eigenvalue weighted by molar-refractivity contribution is 0.686. The van der Waals surface area contributed by atoms with Gasteiger partial charge in [0.1, 0.15) is 0 Å². The van der Waals surface area contributed by atoms with Gasteiger partial charge in [-0.15, -0.1) is 0 Å². The van der Waals surface area contributed by atoms with E-state index in [1.807, 2.05) is 18.3 Å². The van der Waals surface area contributed by atoms with Crippen molar-refractivity contribution >= 4 is 22.3 Å². The summed E-state index contributed by atoms with van der Waals surface area (Å²) in [4.78, 5) is 7.74. The van der Waals surface area contributed by atoms with Crippen molar-refractivity contribution in [3.8, 4) is 6.07 Å². The van der Waals surface area contributed by atoms with Crippen LogP contribution in [-0.2, 0) is 19.4 Å². The number of nitriles is 1. The highest BCUT2D eigenvalue weighted by Crippen LogP contribution is 2.21. The fourth-order valence-electron chi connectivity index (χ4n) is 3.76. The minimum atomic E-state index is 0.506. The van der Waals surface area contributed by atoms with E-state index in [1.165, 1.54) is 22.0 Å². The van der Waals surface area contributed by atoms with Crippen molar-refractivity contribution in [1.29, 1.82) is 5.26 Å². The number of para-hydroxylation sites is 1. The van der Waals surface area contributed by atoms with Crippen LogP contribution in [0.3, 0.4) is 0 Å². The molecule has 0 amide bonds. The van der Waals surface area contributed by atoms with E-state index in [-0.39, 0.29) is 0 Å². The molecule has 3 N–H and O–H groups in total. The van der Waals surface area contributed by atoms with E-state index < -0.39 is 0 Å². The molecule has 2 aromatic carbocycles. The quantitative estimate of drug-likeness (QED) is 0.303. The largest absolute Gasteiger partial charge is 0.361 e. The first-order valence-corrected chi connectivity index (χ1v) is 10.8. The van der Waals surface area contributed by atoms with Crippen molar-refractivity contribution in [3.63, 3.8) is 0 Å². The molecular weight excluding hydrogens is 382 g/mol. The Kier molecular flexibility index (Phi) is 6.94. The van der Waals surface area contributed by atoms with Crippen LogP contribution in [0.15, 0.2) is 73.1 Å². The summed E-state index contributed by atoms with van der Waals surface area (Å²) in [6, 6.07) is 23.3. The third kappa shape index (κ3) is 5.71. The number of benzene rings is 2. The molecule has 0 fully saturated rings. The molecular formula is C26H27N5. The van der Waals surface area contributed by atoms with Crippen LogP contribution in [0.1, 0.15) is 29.7 Å². The molecule has 4 aromatic rings. The van der Waals surface area contributed by atoms with E-state index in [4.69, 9.17) is 5.26 Å². The predicted molar refractivity (Wildman–Crippen MR) is 126 cm³/mol. The number of pyridine rings is 1. The molecule has 4 rings (SSSR count). The van der Waals surface area contributed by atoms with Crippen molar-refractivity contribution in [3.05, 3.63) is 89.9 Å². The monoisotopic (exact) mass is 409 g/mol. The van der Waals surface area contributed by atoms with Gasteiger partial charge in [0, 0.05) is 54.2 Å². The third-order valence-corrected chi connectivity index (χ3v) is 5.37. The molecule has 0 atom stereocenters. The summed E-state index contributed by atoms with van der Waals surface area (Å²) in [6.45, 7) is 1.34. The normalized spacial score (nSPS) is 10.8. The van der Waals surface area contributed by atoms with Crippen LogP contribution < -0.4 is 10.6 Å². The van der Waals surface area contributed by atoms with E-state index in [2.05, 4.69) is 81.4 Å². The van der Waals surface area contributed by atoms with Gasteiger partial charge in [-0.2, -0.15) is 5.26 Å². The molecule has 0 saturated heterocycles. The van der Waals surface area contributed by atoms with Crippen LogP contribution in [0.2, 0.25) is 0 Å². The van der Waals surface area contributed by atoms with Crippen LogP contribution in [0.25, 0.3) is 10.9 Å². The van der Waals surface area contributed by atoms with E-state index in [0.717, 1.165) is 36.3 Å². The van der Waals surface area contributed by atoms with Gasteiger partial charge in [0.05, 0.1) is 11.8 Å². The fourth-order valence-corrected chi connectivity index (χ4v) is 3.76. The van der Waals surface area contributed by atoms with Crippen molar-refractivity contribution in [2.75, 3.05) is 11.9 Å². The molecule has 0 radical (unpaired) electrons. The smallest absolute Gasteiger partial charge is 0.0635 e. The van der Waals surface area contributed by atoms with Gasteiger partial charge in [-0.05, 0) is 60.7 Å². The maximum absolute atomic E-state index is 8.60. The molecule has 156 valence electrons. The van der Waals surface area contributed by atoms with Crippen LogP contribution in [-0.4, -0.2) is 16.5 Å². The number of aromatic nitrogens is 2. The summed E-state index contributed by atoms with van der Waals surface area (Å²) in [5.41, 5.74) is 6.99. The van der Waals surface area contributed by atoms with Crippen molar-refractivity contribution in [1.82, 2.24) is 15.3 Å². The maximum atomic E-state index is 8.60. The number of H-pyrrole nitrogens is 1. The predicted octanol–water partition coefficient (Wildman–Crippen LogP) is 5.49. The highest BCUT2D eigenvalue weighted by atomic mass is 14.9. The SMILES string of the molecule is N#CCCNCc1cc(Nc2ccc(CCCc3c[nH]c4ccccc34)cc2)ccn1. The second-order valence-electron chi connectivity index (χ2n) is 7.66. The zero-order valence-corrected chi connectivity index (χ0v) is 17.6. The summed E-state index contributed by atoms with van der Waals surface area (Å²) in [7, 11) is 0. The summed E-state index contributed by atoms with van der Waals surface area (Å²) in [5.74, 6) is 0. The number of hydrogen-bond acceptors (Lipinski definition) is 4. The van der Waals surface area contributed by atoms with Gasteiger partial charge in [0.15, 0.2) is 0 Å². The Morgan fingerprint density at radius 3 is 2.71 bits per heavy atom. The van der Waals surface area contributed by atoms with Crippen LogP contribution in [0.4, 0.5) is 11.4 Å². The molecule has 0 saturated carbocycles. The number of nitrogens with zero attached hydrogens (tertiary/aromatic N) is 2. The standard InChI is InChI=1S/C26H27N5/c27-14-4-15-28-19-24-17-23(13-16-29-24)31-22-11-9-20(10-12-22)5-3-6-21-18-30-26-8-2-1-7-25(21)26/h1-2,7-13,16-18,28,30H,3-6,15,19H2,(H,29,31). The third-order valence-electron chi connectivity index (χ3n) is 5.37. The molecule has 0 spiro atoms. The van der Waals surface area contributed by atoms with Crippen molar-refractivity contribution in [2.24, 2.45) is 0 Å². The summed E-state index contributed by atoms with van der Waals surface area (Å²) in [5, 5.41) is 16.6. The molecule has 0 bridgehead atoms. The Hall–Kier alpha value is -3.62. The number of aromatic amines is 1. The fraction of sp³-hybridized carbons (Fsp3) is 0.231. The lowest BCUT2D eigenvalue weighted by Crippen LogP contribution is -2.15. The van der Waals surface area contributed by atoms with Crippen LogP contribution >= 0.6 is 0 Å². The highest BCUT2D eigenvalue weighted by molar-refractivity contribution is 5.83. The Morgan fingerprint density at radius 2 is 1.84 bits per heavy atom. The first kappa shape index (κ1) is 20.6. The number of aryl methyl sites for hydroxylation is 2. The highest BCUT2D eigenvalue weighted by Gasteiger charge is 2.04. The lowest BCUT2D eigenvalue weighted by Gasteiger charge is -2.09. The number of fused-ring (bicyclic) bond motifs is 1. The average Bonchev–Trinajstić information content (AvgIpc) is 3.21. The topological polar surface area (TPSA) is 76.5 Å². The summed E-state index contributed by atoms with van der Waals surface area (Å²) < 4.78 is 0. The van der Waals surface area contributed by atoms with Crippen LogP contribution in [0.5, 0.6) is 0 Å². The van der Waals surface area contributed by atoms with Gasteiger partial charge in [-0.1, -0.05) is 30.3 Å². The molecule has 2 heterocycles. The molecule has 0 aliphatic carbocycles. The van der Waals surface area contributed by atoms with E-state index >= 15 is 0 Å². The van der Waals surface area contributed by atoms with E-state index in [0.29, 0.717) is 19.5 Å². The first-order chi connectivity index (χ1) is 15.3. The Labute approximate surface area is 183 Å². The molecule has 0 unspecified atom stereocenters. The average molecular weight is 410 g/mol. The minimum absolute atomic E-state index is 0.506. The second-order valence-corrected chi connectivity index (χ2v) is 7.66. The van der Waals surface area contributed by atoms with Gasteiger partial charge in [0.25, 0.3) is 0 Å². The maximum Gasteiger partial charge on any atom is 0.0635 e. The molecule has 0 aliphatic rings. The second kappa shape index (κ2) is 10.4. The zero-order valence-electron chi connectivity index (χ0n) is 17.6. The number of anilines is 2. The van der Waals surface area contributed by atoms with Gasteiger partial charge in [-0.3, -0.25) is 4.98 Å². The lowest BCUT2D eigenvalue weighted by atomic mass is 10.0. The molecule has 5 heteroatoms. The first-order valence-electron chi connectivity index (χ1n) is 10.8. The number of nitrogens with one attached hydrogen (secondary N) is 3.